The van der Waals surface area contributed by atoms with Crippen molar-refractivity contribution in [2.45, 2.75) is 51.9 Å². The SMILES string of the molecule is C[C@H]1C=C[C@H]2CCCC[C@@]23C(=O)[C@]1(C)C[C@@H]3c1ccccc1. The van der Waals surface area contributed by atoms with Gasteiger partial charge in [-0.3, -0.25) is 4.79 Å². The van der Waals surface area contributed by atoms with E-state index in [2.05, 4.69) is 56.3 Å². The summed E-state index contributed by atoms with van der Waals surface area (Å²) in [5.74, 6) is 1.78. The number of allylic oxidation sites excluding steroid dienone is 2. The number of Topliss-reactive ketones (excluding diaryl/α,β-unsaturated/α-hetero) is 1. The maximum Gasteiger partial charge on any atom is 0.146 e. The van der Waals surface area contributed by atoms with E-state index in [1.807, 2.05) is 0 Å². The molecule has 0 unspecified atom stereocenters. The molecule has 0 aromatic heterocycles. The zero-order valence-electron chi connectivity index (χ0n) is 13.7. The fourth-order valence-corrected chi connectivity index (χ4v) is 5.60. The molecule has 2 saturated carbocycles. The van der Waals surface area contributed by atoms with Crippen LogP contribution in [0.5, 0.6) is 0 Å². The highest BCUT2D eigenvalue weighted by atomic mass is 16.1. The first-order valence-corrected chi connectivity index (χ1v) is 8.87. The zero-order valence-corrected chi connectivity index (χ0v) is 13.7. The van der Waals surface area contributed by atoms with Crippen LogP contribution in [0.1, 0.15) is 57.4 Å². The molecule has 3 aliphatic rings. The molecule has 0 saturated heterocycles. The monoisotopic (exact) mass is 294 g/mol. The van der Waals surface area contributed by atoms with Gasteiger partial charge in [0.2, 0.25) is 0 Å². The highest BCUT2D eigenvalue weighted by Gasteiger charge is 2.64. The second-order valence-electron chi connectivity index (χ2n) is 7.98. The smallest absolute Gasteiger partial charge is 0.146 e. The maximum absolute atomic E-state index is 13.6. The van der Waals surface area contributed by atoms with Crippen LogP contribution in [0.15, 0.2) is 42.5 Å². The van der Waals surface area contributed by atoms with Crippen molar-refractivity contribution in [1.29, 1.82) is 0 Å². The number of fused-ring (bicyclic) bond motifs is 1. The molecule has 0 N–H and O–H groups in total. The highest BCUT2D eigenvalue weighted by molar-refractivity contribution is 5.95. The number of rotatable bonds is 1. The van der Waals surface area contributed by atoms with Gasteiger partial charge in [-0.1, -0.05) is 69.2 Å². The van der Waals surface area contributed by atoms with Gasteiger partial charge in [0, 0.05) is 10.8 Å². The molecule has 0 heterocycles. The highest BCUT2D eigenvalue weighted by Crippen LogP contribution is 2.66. The number of carbonyl (C=O) groups excluding carboxylic acids is 1. The molecule has 22 heavy (non-hydrogen) atoms. The Labute approximate surface area is 133 Å². The summed E-state index contributed by atoms with van der Waals surface area (Å²) in [5.41, 5.74) is 1.08. The van der Waals surface area contributed by atoms with E-state index >= 15 is 0 Å². The number of ketones is 1. The summed E-state index contributed by atoms with van der Waals surface area (Å²) in [5, 5.41) is 0. The number of benzene rings is 1. The molecule has 1 spiro atoms. The van der Waals surface area contributed by atoms with Gasteiger partial charge in [0.15, 0.2) is 0 Å². The summed E-state index contributed by atoms with van der Waals surface area (Å²) in [4.78, 5) is 13.6. The van der Waals surface area contributed by atoms with Crippen LogP contribution < -0.4 is 0 Å². The Balaban J connectivity index is 1.91. The molecule has 5 atom stereocenters. The minimum atomic E-state index is -0.177. The molecule has 0 amide bonds. The molecule has 1 heteroatoms. The van der Waals surface area contributed by atoms with Gasteiger partial charge in [-0.05, 0) is 42.6 Å². The molecular formula is C21H26O. The van der Waals surface area contributed by atoms with Gasteiger partial charge in [-0.15, -0.1) is 0 Å². The summed E-state index contributed by atoms with van der Waals surface area (Å²) in [6.07, 6.45) is 10.5. The molecular weight excluding hydrogens is 268 g/mol. The zero-order chi connectivity index (χ0) is 15.4. The van der Waals surface area contributed by atoms with E-state index in [0.29, 0.717) is 23.5 Å². The van der Waals surface area contributed by atoms with Crippen LogP contribution in [0.3, 0.4) is 0 Å². The Morgan fingerprint density at radius 1 is 1.09 bits per heavy atom. The van der Waals surface area contributed by atoms with E-state index in [1.165, 1.54) is 24.8 Å². The molecule has 1 aromatic rings. The van der Waals surface area contributed by atoms with Gasteiger partial charge in [0.1, 0.15) is 5.78 Å². The number of carbonyl (C=O) groups is 1. The predicted octanol–water partition coefficient (Wildman–Crippen LogP) is 5.13. The predicted molar refractivity (Wildman–Crippen MR) is 89.6 cm³/mol. The lowest BCUT2D eigenvalue weighted by Gasteiger charge is -2.43. The van der Waals surface area contributed by atoms with Crippen LogP contribution in [-0.4, -0.2) is 5.78 Å². The molecule has 4 rings (SSSR count). The molecule has 1 nitrogen and oxygen atoms in total. The maximum atomic E-state index is 13.6. The van der Waals surface area contributed by atoms with E-state index in [9.17, 15) is 4.79 Å². The molecule has 116 valence electrons. The van der Waals surface area contributed by atoms with E-state index in [-0.39, 0.29) is 10.8 Å². The standard InChI is InChI=1S/C21H26O/c1-15-11-12-17-10-6-7-13-21(17)18(14-20(15,2)19(21)22)16-8-4-3-5-9-16/h3-5,8-9,11-12,15,17-18H,6-7,10,13-14H2,1-2H3/t15-,17+,18+,20+,21+/m0/s1. The second kappa shape index (κ2) is 4.81. The van der Waals surface area contributed by atoms with Crippen LogP contribution in [0.25, 0.3) is 0 Å². The van der Waals surface area contributed by atoms with Crippen molar-refractivity contribution < 1.29 is 4.79 Å². The van der Waals surface area contributed by atoms with Crippen LogP contribution in [0, 0.1) is 22.7 Å². The van der Waals surface area contributed by atoms with Crippen molar-refractivity contribution in [3.05, 3.63) is 48.0 Å². The Kier molecular flexibility index (Phi) is 3.11. The largest absolute Gasteiger partial charge is 0.298 e. The van der Waals surface area contributed by atoms with Gasteiger partial charge in [0.05, 0.1) is 0 Å². The van der Waals surface area contributed by atoms with E-state index in [0.717, 1.165) is 12.8 Å². The van der Waals surface area contributed by atoms with E-state index < -0.39 is 0 Å². The van der Waals surface area contributed by atoms with Crippen LogP contribution in [0.2, 0.25) is 0 Å². The minimum Gasteiger partial charge on any atom is -0.298 e. The number of hydrogen-bond donors (Lipinski definition) is 0. The van der Waals surface area contributed by atoms with Crippen LogP contribution in [0.4, 0.5) is 0 Å². The van der Waals surface area contributed by atoms with Crippen molar-refractivity contribution >= 4 is 5.78 Å². The third-order valence-electron chi connectivity index (χ3n) is 7.05. The lowest BCUT2D eigenvalue weighted by molar-refractivity contribution is -0.138. The summed E-state index contributed by atoms with van der Waals surface area (Å²) in [7, 11) is 0. The molecule has 3 aliphatic carbocycles. The van der Waals surface area contributed by atoms with Crippen LogP contribution >= 0.6 is 0 Å². The van der Waals surface area contributed by atoms with Gasteiger partial charge < -0.3 is 0 Å². The molecule has 2 bridgehead atoms. The quantitative estimate of drug-likeness (QED) is 0.656. The second-order valence-corrected chi connectivity index (χ2v) is 7.98. The number of hydrogen-bond acceptors (Lipinski definition) is 1. The van der Waals surface area contributed by atoms with E-state index in [4.69, 9.17) is 0 Å². The Morgan fingerprint density at radius 2 is 1.86 bits per heavy atom. The van der Waals surface area contributed by atoms with Gasteiger partial charge >= 0.3 is 0 Å². The van der Waals surface area contributed by atoms with Gasteiger partial charge in [-0.25, -0.2) is 0 Å². The summed E-state index contributed by atoms with van der Waals surface area (Å²) in [6.45, 7) is 4.47. The lowest BCUT2D eigenvalue weighted by Crippen LogP contribution is -2.43. The van der Waals surface area contributed by atoms with E-state index in [1.54, 1.807) is 0 Å². The molecule has 0 aliphatic heterocycles. The molecule has 0 radical (unpaired) electrons. The molecule has 1 aromatic carbocycles. The molecule has 2 fully saturated rings. The lowest BCUT2D eigenvalue weighted by atomic mass is 9.59. The van der Waals surface area contributed by atoms with Crippen molar-refractivity contribution in [3.8, 4) is 0 Å². The summed E-state index contributed by atoms with van der Waals surface area (Å²) in [6, 6.07) is 10.8. The topological polar surface area (TPSA) is 17.1 Å². The Hall–Kier alpha value is -1.37. The summed E-state index contributed by atoms with van der Waals surface area (Å²) < 4.78 is 0. The first-order chi connectivity index (χ1) is 10.6. The Morgan fingerprint density at radius 3 is 2.64 bits per heavy atom. The first kappa shape index (κ1) is 14.2. The average molecular weight is 294 g/mol. The van der Waals surface area contributed by atoms with Crippen molar-refractivity contribution in [3.63, 3.8) is 0 Å². The third kappa shape index (κ3) is 1.68. The minimum absolute atomic E-state index is 0.129. The summed E-state index contributed by atoms with van der Waals surface area (Å²) >= 11 is 0. The van der Waals surface area contributed by atoms with Crippen molar-refractivity contribution in [1.82, 2.24) is 0 Å². The fraction of sp³-hybridized carbons (Fsp3) is 0.571. The first-order valence-electron chi connectivity index (χ1n) is 8.87. The Bertz CT molecular complexity index is 616. The van der Waals surface area contributed by atoms with Gasteiger partial charge in [-0.2, -0.15) is 0 Å². The van der Waals surface area contributed by atoms with Crippen LogP contribution in [-0.2, 0) is 4.79 Å². The van der Waals surface area contributed by atoms with Gasteiger partial charge in [0.25, 0.3) is 0 Å². The third-order valence-corrected chi connectivity index (χ3v) is 7.05. The average Bonchev–Trinajstić information content (AvgIpc) is 2.73. The van der Waals surface area contributed by atoms with Crippen molar-refractivity contribution in [2.75, 3.05) is 0 Å². The van der Waals surface area contributed by atoms with Crippen molar-refractivity contribution in [2.24, 2.45) is 22.7 Å². The fourth-order valence-electron chi connectivity index (χ4n) is 5.60. The normalized spacial score (nSPS) is 43.7.